The van der Waals surface area contributed by atoms with Gasteiger partial charge >= 0.3 is 0 Å². The standard InChI is InChI=1S/C17H16N4S2/c1-13(2)9-19-17-21(20-11-14-5-3-7-18-10-14)15(12-23-17)16-6-4-8-22-16/h3-8,10-12H,1,9H2,2H3. The summed E-state index contributed by atoms with van der Waals surface area (Å²) in [6.07, 6.45) is 5.34. The molecule has 23 heavy (non-hydrogen) atoms. The van der Waals surface area contributed by atoms with E-state index < -0.39 is 0 Å². The van der Waals surface area contributed by atoms with Gasteiger partial charge in [0.1, 0.15) is 0 Å². The minimum atomic E-state index is 0.604. The zero-order valence-electron chi connectivity index (χ0n) is 12.7. The molecule has 4 nitrogen and oxygen atoms in total. The van der Waals surface area contributed by atoms with Gasteiger partial charge < -0.3 is 0 Å². The van der Waals surface area contributed by atoms with Gasteiger partial charge in [-0.1, -0.05) is 24.3 Å². The highest BCUT2D eigenvalue weighted by Crippen LogP contribution is 2.25. The van der Waals surface area contributed by atoms with Gasteiger partial charge in [-0.25, -0.2) is 4.68 Å². The molecule has 0 aliphatic carbocycles. The van der Waals surface area contributed by atoms with Crippen molar-refractivity contribution in [2.75, 3.05) is 6.54 Å². The maximum Gasteiger partial charge on any atom is 0.206 e. The van der Waals surface area contributed by atoms with Crippen LogP contribution in [0.5, 0.6) is 0 Å². The predicted octanol–water partition coefficient (Wildman–Crippen LogP) is 4.03. The predicted molar refractivity (Wildman–Crippen MR) is 98.1 cm³/mol. The Labute approximate surface area is 142 Å². The Bertz CT molecular complexity index is 871. The normalized spacial score (nSPS) is 12.1. The van der Waals surface area contributed by atoms with Gasteiger partial charge in [-0.2, -0.15) is 5.10 Å². The zero-order valence-corrected chi connectivity index (χ0v) is 14.3. The molecular formula is C17H16N4S2. The summed E-state index contributed by atoms with van der Waals surface area (Å²) in [7, 11) is 0. The highest BCUT2D eigenvalue weighted by atomic mass is 32.1. The van der Waals surface area contributed by atoms with Crippen LogP contribution in [0.2, 0.25) is 0 Å². The Hall–Kier alpha value is -2.31. The topological polar surface area (TPSA) is 42.5 Å². The van der Waals surface area contributed by atoms with Crippen molar-refractivity contribution < 1.29 is 0 Å². The molecule has 0 N–H and O–H groups in total. The average molecular weight is 340 g/mol. The first-order valence-electron chi connectivity index (χ1n) is 7.08. The van der Waals surface area contributed by atoms with Crippen LogP contribution >= 0.6 is 22.7 Å². The van der Waals surface area contributed by atoms with E-state index in [2.05, 4.69) is 38.5 Å². The molecule has 3 aromatic heterocycles. The summed E-state index contributed by atoms with van der Waals surface area (Å²) in [6.45, 7) is 6.48. The summed E-state index contributed by atoms with van der Waals surface area (Å²) in [6, 6.07) is 7.99. The second kappa shape index (κ2) is 7.30. The lowest BCUT2D eigenvalue weighted by molar-refractivity contribution is 0.837. The van der Waals surface area contributed by atoms with Crippen molar-refractivity contribution in [3.63, 3.8) is 0 Å². The highest BCUT2D eigenvalue weighted by Gasteiger charge is 2.08. The van der Waals surface area contributed by atoms with Gasteiger partial charge in [-0.05, 0) is 24.4 Å². The SMILES string of the molecule is C=C(C)CN=c1scc(-c2cccs2)n1N=Cc1cccnc1. The van der Waals surface area contributed by atoms with E-state index in [1.807, 2.05) is 29.8 Å². The average Bonchev–Trinajstić information content (AvgIpc) is 3.21. The molecule has 0 fully saturated rings. The van der Waals surface area contributed by atoms with E-state index in [-0.39, 0.29) is 0 Å². The molecule has 0 radical (unpaired) electrons. The lowest BCUT2D eigenvalue weighted by Crippen LogP contribution is -2.12. The van der Waals surface area contributed by atoms with E-state index in [0.717, 1.165) is 21.6 Å². The first-order valence-corrected chi connectivity index (χ1v) is 8.83. The van der Waals surface area contributed by atoms with E-state index in [1.165, 1.54) is 4.88 Å². The summed E-state index contributed by atoms with van der Waals surface area (Å²) >= 11 is 3.27. The van der Waals surface area contributed by atoms with E-state index >= 15 is 0 Å². The summed E-state index contributed by atoms with van der Waals surface area (Å²) in [4.78, 5) is 10.7. The quantitative estimate of drug-likeness (QED) is 0.511. The van der Waals surface area contributed by atoms with Crippen LogP contribution in [0.15, 0.2) is 69.7 Å². The molecule has 0 saturated heterocycles. The molecule has 0 spiro atoms. The number of thiazole rings is 1. The van der Waals surface area contributed by atoms with Gasteiger partial charge in [-0.15, -0.1) is 22.7 Å². The Morgan fingerprint density at radius 2 is 2.26 bits per heavy atom. The molecule has 6 heteroatoms. The Balaban J connectivity index is 2.04. The van der Waals surface area contributed by atoms with Gasteiger partial charge in [0.2, 0.25) is 4.80 Å². The molecule has 0 saturated carbocycles. The van der Waals surface area contributed by atoms with Crippen LogP contribution in [0.4, 0.5) is 0 Å². The number of aromatic nitrogens is 2. The highest BCUT2D eigenvalue weighted by molar-refractivity contribution is 7.14. The van der Waals surface area contributed by atoms with Crippen molar-refractivity contribution in [2.24, 2.45) is 10.1 Å². The van der Waals surface area contributed by atoms with Gasteiger partial charge in [0.15, 0.2) is 0 Å². The number of hydrogen-bond acceptors (Lipinski definition) is 5. The second-order valence-corrected chi connectivity index (χ2v) is 6.78. The Kier molecular flexibility index (Phi) is 4.95. The summed E-state index contributed by atoms with van der Waals surface area (Å²) in [5.74, 6) is 0. The van der Waals surface area contributed by atoms with Crippen LogP contribution < -0.4 is 4.80 Å². The monoisotopic (exact) mass is 340 g/mol. The summed E-state index contributed by atoms with van der Waals surface area (Å²) < 4.78 is 1.88. The number of hydrogen-bond donors (Lipinski definition) is 0. The molecule has 116 valence electrons. The molecule has 0 bridgehead atoms. The van der Waals surface area contributed by atoms with E-state index in [9.17, 15) is 0 Å². The smallest absolute Gasteiger partial charge is 0.206 e. The van der Waals surface area contributed by atoms with Gasteiger partial charge in [0, 0.05) is 23.3 Å². The first-order chi connectivity index (χ1) is 11.2. The van der Waals surface area contributed by atoms with Gasteiger partial charge in [0.05, 0.1) is 23.3 Å². The van der Waals surface area contributed by atoms with Crippen LogP contribution in [0, 0.1) is 0 Å². The number of rotatable bonds is 5. The van der Waals surface area contributed by atoms with Crippen molar-refractivity contribution in [2.45, 2.75) is 6.92 Å². The van der Waals surface area contributed by atoms with E-state index in [0.29, 0.717) is 6.54 Å². The number of thiophene rings is 1. The molecular weight excluding hydrogens is 324 g/mol. The van der Waals surface area contributed by atoms with Crippen LogP contribution in [0.3, 0.4) is 0 Å². The molecule has 0 aromatic carbocycles. The molecule has 3 aromatic rings. The van der Waals surface area contributed by atoms with Crippen molar-refractivity contribution in [1.82, 2.24) is 9.66 Å². The summed E-state index contributed by atoms with van der Waals surface area (Å²) in [5, 5.41) is 8.76. The van der Waals surface area contributed by atoms with Crippen LogP contribution in [0.25, 0.3) is 10.6 Å². The molecule has 3 heterocycles. The second-order valence-electron chi connectivity index (χ2n) is 5.00. The van der Waals surface area contributed by atoms with Crippen LogP contribution in [-0.2, 0) is 0 Å². The fourth-order valence-corrected chi connectivity index (χ4v) is 3.52. The molecule has 0 unspecified atom stereocenters. The molecule has 3 rings (SSSR count). The lowest BCUT2D eigenvalue weighted by atomic mass is 10.3. The largest absolute Gasteiger partial charge is 0.264 e. The minimum absolute atomic E-state index is 0.604. The molecule has 0 atom stereocenters. The maximum atomic E-state index is 4.62. The molecule has 0 aliphatic rings. The first kappa shape index (κ1) is 15.6. The van der Waals surface area contributed by atoms with Crippen molar-refractivity contribution >= 4 is 28.9 Å². The fraction of sp³-hybridized carbons (Fsp3) is 0.118. The maximum absolute atomic E-state index is 4.62. The van der Waals surface area contributed by atoms with Gasteiger partial charge in [-0.3, -0.25) is 9.98 Å². The van der Waals surface area contributed by atoms with Crippen LogP contribution in [-0.4, -0.2) is 22.4 Å². The van der Waals surface area contributed by atoms with E-state index in [4.69, 9.17) is 0 Å². The lowest BCUT2D eigenvalue weighted by Gasteiger charge is -2.01. The molecule has 0 amide bonds. The van der Waals surface area contributed by atoms with E-state index in [1.54, 1.807) is 41.3 Å². The van der Waals surface area contributed by atoms with Crippen LogP contribution in [0.1, 0.15) is 12.5 Å². The fourth-order valence-electron chi connectivity index (χ4n) is 1.89. The van der Waals surface area contributed by atoms with Crippen molar-refractivity contribution in [1.29, 1.82) is 0 Å². The Morgan fingerprint density at radius 3 is 2.96 bits per heavy atom. The number of pyridine rings is 1. The third kappa shape index (κ3) is 3.91. The Morgan fingerprint density at radius 1 is 1.35 bits per heavy atom. The van der Waals surface area contributed by atoms with Crippen molar-refractivity contribution in [3.05, 3.63) is 69.9 Å². The third-order valence-corrected chi connectivity index (χ3v) is 4.70. The minimum Gasteiger partial charge on any atom is -0.264 e. The number of nitrogens with zero attached hydrogens (tertiary/aromatic N) is 4. The molecule has 0 aliphatic heterocycles. The third-order valence-electron chi connectivity index (χ3n) is 2.95. The van der Waals surface area contributed by atoms with Gasteiger partial charge in [0.25, 0.3) is 0 Å². The van der Waals surface area contributed by atoms with Crippen molar-refractivity contribution in [3.8, 4) is 10.6 Å². The summed E-state index contributed by atoms with van der Waals surface area (Å²) in [5.41, 5.74) is 3.03. The zero-order chi connectivity index (χ0) is 16.1.